The molecule has 1 amide bonds. The Labute approximate surface area is 220 Å². The first-order chi connectivity index (χ1) is 17.3. The molecule has 0 atom stereocenters. The number of carbonyl (C=O) groups excluding carboxylic acids is 1. The second-order valence-electron chi connectivity index (χ2n) is 8.42. The molecule has 36 heavy (non-hydrogen) atoms. The molecule has 1 aliphatic heterocycles. The molecule has 1 saturated heterocycles. The quantitative estimate of drug-likeness (QED) is 0.420. The first kappa shape index (κ1) is 25.7. The molecule has 0 aromatic heterocycles. The van der Waals surface area contributed by atoms with Gasteiger partial charge in [0.15, 0.2) is 18.1 Å². The highest BCUT2D eigenvalue weighted by atomic mass is 35.5. The van der Waals surface area contributed by atoms with Crippen molar-refractivity contribution >= 4 is 46.1 Å². The fraction of sp³-hybridized carbons (Fsp3) is 0.259. The number of thiocarbonyl (C=S) groups is 1. The molecule has 9 heteroatoms. The molecule has 1 N–H and O–H groups in total. The van der Waals surface area contributed by atoms with Crippen LogP contribution in [0.15, 0.2) is 60.7 Å². The van der Waals surface area contributed by atoms with E-state index < -0.39 is 0 Å². The van der Waals surface area contributed by atoms with Crippen LogP contribution >= 0.6 is 23.8 Å². The first-order valence-corrected chi connectivity index (χ1v) is 12.3. The molecule has 0 bridgehead atoms. The summed E-state index contributed by atoms with van der Waals surface area (Å²) < 4.78 is 24.4. The molecular formula is C27H27ClFN3O3S. The molecule has 3 aromatic rings. The highest BCUT2D eigenvalue weighted by molar-refractivity contribution is 7.80. The average Bonchev–Trinajstić information content (AvgIpc) is 2.89. The molecule has 0 unspecified atom stereocenters. The zero-order valence-electron chi connectivity index (χ0n) is 20.1. The van der Waals surface area contributed by atoms with E-state index in [9.17, 15) is 9.18 Å². The molecule has 188 valence electrons. The van der Waals surface area contributed by atoms with Gasteiger partial charge in [0, 0.05) is 48.1 Å². The van der Waals surface area contributed by atoms with Crippen LogP contribution in [0.25, 0.3) is 0 Å². The molecule has 1 aliphatic rings. The van der Waals surface area contributed by atoms with Crippen LogP contribution < -0.4 is 19.7 Å². The maximum atomic E-state index is 13.2. The third kappa shape index (κ3) is 6.25. The van der Waals surface area contributed by atoms with Crippen molar-refractivity contribution in [3.8, 4) is 11.5 Å². The molecule has 0 radical (unpaired) electrons. The topological polar surface area (TPSA) is 54.0 Å². The largest absolute Gasteiger partial charge is 0.493 e. The van der Waals surface area contributed by atoms with E-state index in [1.54, 1.807) is 37.4 Å². The zero-order chi connectivity index (χ0) is 25.7. The number of halogens is 2. The standard InChI is InChI=1S/C27H27ClFN3O3S/c1-18-3-5-20(28)16-23(18)30-26(33)17-35-24-10-4-19(15-25(24)34-2)27(36)32-13-11-31(12-14-32)22-8-6-21(29)7-9-22/h3-10,15-16H,11-14,17H2,1-2H3,(H,30,33). The van der Waals surface area contributed by atoms with E-state index in [4.69, 9.17) is 33.3 Å². The van der Waals surface area contributed by atoms with Crippen LogP contribution in [-0.4, -0.2) is 55.7 Å². The van der Waals surface area contributed by atoms with Gasteiger partial charge >= 0.3 is 0 Å². The van der Waals surface area contributed by atoms with E-state index in [1.807, 2.05) is 25.1 Å². The number of benzene rings is 3. The predicted molar refractivity (Wildman–Crippen MR) is 145 cm³/mol. The van der Waals surface area contributed by atoms with Crippen molar-refractivity contribution in [2.75, 3.05) is 50.1 Å². The fourth-order valence-corrected chi connectivity index (χ4v) is 4.46. The summed E-state index contributed by atoms with van der Waals surface area (Å²) in [6.07, 6.45) is 0. The zero-order valence-corrected chi connectivity index (χ0v) is 21.7. The highest BCUT2D eigenvalue weighted by Crippen LogP contribution is 2.29. The Kier molecular flexibility index (Phi) is 8.28. The number of carbonyl (C=O) groups is 1. The van der Waals surface area contributed by atoms with Crippen molar-refractivity contribution in [2.45, 2.75) is 6.92 Å². The molecule has 3 aromatic carbocycles. The lowest BCUT2D eigenvalue weighted by Gasteiger charge is -2.37. The minimum Gasteiger partial charge on any atom is -0.493 e. The second kappa shape index (κ2) is 11.6. The Morgan fingerprint density at radius 2 is 1.75 bits per heavy atom. The van der Waals surface area contributed by atoms with Crippen molar-refractivity contribution < 1.29 is 18.7 Å². The number of aryl methyl sites for hydroxylation is 1. The van der Waals surface area contributed by atoms with E-state index in [1.165, 1.54) is 12.1 Å². The summed E-state index contributed by atoms with van der Waals surface area (Å²) in [6, 6.07) is 17.3. The number of hydrogen-bond acceptors (Lipinski definition) is 5. The SMILES string of the molecule is COc1cc(C(=S)N2CCN(c3ccc(F)cc3)CC2)ccc1OCC(=O)Nc1cc(Cl)ccc1C. The van der Waals surface area contributed by atoms with Gasteiger partial charge in [-0.05, 0) is 67.1 Å². The third-order valence-electron chi connectivity index (χ3n) is 6.00. The van der Waals surface area contributed by atoms with E-state index >= 15 is 0 Å². The summed E-state index contributed by atoms with van der Waals surface area (Å²) in [7, 11) is 1.55. The van der Waals surface area contributed by atoms with Gasteiger partial charge in [-0.25, -0.2) is 4.39 Å². The van der Waals surface area contributed by atoms with Gasteiger partial charge in [0.25, 0.3) is 5.91 Å². The number of ether oxygens (including phenoxy) is 2. The predicted octanol–water partition coefficient (Wildman–Crippen LogP) is 5.31. The van der Waals surface area contributed by atoms with E-state index in [-0.39, 0.29) is 18.3 Å². The van der Waals surface area contributed by atoms with Crippen molar-refractivity contribution in [1.82, 2.24) is 4.90 Å². The monoisotopic (exact) mass is 527 g/mol. The molecule has 1 heterocycles. The lowest BCUT2D eigenvalue weighted by atomic mass is 10.1. The minimum atomic E-state index is -0.305. The van der Waals surface area contributed by atoms with Crippen molar-refractivity contribution in [2.24, 2.45) is 0 Å². The fourth-order valence-electron chi connectivity index (χ4n) is 3.98. The lowest BCUT2D eigenvalue weighted by Crippen LogP contribution is -2.48. The Balaban J connectivity index is 1.34. The average molecular weight is 528 g/mol. The molecule has 0 spiro atoms. The first-order valence-electron chi connectivity index (χ1n) is 11.5. The van der Waals surface area contributed by atoms with Gasteiger partial charge in [-0.3, -0.25) is 4.79 Å². The van der Waals surface area contributed by atoms with Crippen LogP contribution in [0.2, 0.25) is 5.02 Å². The highest BCUT2D eigenvalue weighted by Gasteiger charge is 2.21. The van der Waals surface area contributed by atoms with Crippen molar-refractivity contribution in [3.63, 3.8) is 0 Å². The van der Waals surface area contributed by atoms with Crippen LogP contribution in [0, 0.1) is 12.7 Å². The van der Waals surface area contributed by atoms with Crippen LogP contribution in [0.4, 0.5) is 15.8 Å². The maximum absolute atomic E-state index is 13.2. The van der Waals surface area contributed by atoms with Crippen molar-refractivity contribution in [3.05, 3.63) is 82.6 Å². The van der Waals surface area contributed by atoms with Gasteiger partial charge in [0.05, 0.1) is 7.11 Å². The number of rotatable bonds is 7. The third-order valence-corrected chi connectivity index (χ3v) is 6.73. The number of nitrogens with zero attached hydrogens (tertiary/aromatic N) is 2. The minimum absolute atomic E-state index is 0.183. The number of anilines is 2. The van der Waals surface area contributed by atoms with Crippen LogP contribution in [0.3, 0.4) is 0 Å². The molecule has 0 saturated carbocycles. The normalized spacial score (nSPS) is 13.3. The smallest absolute Gasteiger partial charge is 0.262 e. The summed E-state index contributed by atoms with van der Waals surface area (Å²) in [5, 5.41) is 3.35. The van der Waals surface area contributed by atoms with Crippen LogP contribution in [0.1, 0.15) is 11.1 Å². The number of piperazine rings is 1. The number of amides is 1. The Morgan fingerprint density at radius 1 is 1.03 bits per heavy atom. The number of nitrogens with one attached hydrogen (secondary N) is 1. The summed E-state index contributed by atoms with van der Waals surface area (Å²) >= 11 is 11.8. The van der Waals surface area contributed by atoms with Crippen LogP contribution in [0.5, 0.6) is 11.5 Å². The Hall–Kier alpha value is -3.36. The van der Waals surface area contributed by atoms with E-state index in [2.05, 4.69) is 15.1 Å². The number of methoxy groups -OCH3 is 1. The van der Waals surface area contributed by atoms with Gasteiger partial charge in [0.2, 0.25) is 0 Å². The molecule has 0 aliphatic carbocycles. The second-order valence-corrected chi connectivity index (χ2v) is 9.24. The van der Waals surface area contributed by atoms with Gasteiger partial charge in [-0.1, -0.05) is 29.9 Å². The van der Waals surface area contributed by atoms with Crippen LogP contribution in [-0.2, 0) is 4.79 Å². The van der Waals surface area contributed by atoms with Gasteiger partial charge in [-0.2, -0.15) is 0 Å². The summed E-state index contributed by atoms with van der Waals surface area (Å²) in [4.78, 5) is 17.5. The molecule has 1 fully saturated rings. The Morgan fingerprint density at radius 3 is 2.44 bits per heavy atom. The summed E-state index contributed by atoms with van der Waals surface area (Å²) in [5.74, 6) is 0.396. The van der Waals surface area contributed by atoms with Gasteiger partial charge < -0.3 is 24.6 Å². The summed E-state index contributed by atoms with van der Waals surface area (Å²) in [5.41, 5.74) is 3.38. The Bertz CT molecular complexity index is 1250. The summed E-state index contributed by atoms with van der Waals surface area (Å²) in [6.45, 7) is 4.77. The van der Waals surface area contributed by atoms with Crippen molar-refractivity contribution in [1.29, 1.82) is 0 Å². The molecular weight excluding hydrogens is 501 g/mol. The lowest BCUT2D eigenvalue weighted by molar-refractivity contribution is -0.118. The number of hydrogen-bond donors (Lipinski definition) is 1. The van der Waals surface area contributed by atoms with E-state index in [0.29, 0.717) is 27.2 Å². The van der Waals surface area contributed by atoms with Gasteiger partial charge in [-0.15, -0.1) is 0 Å². The molecule has 6 nitrogen and oxygen atoms in total. The molecule has 4 rings (SSSR count). The van der Waals surface area contributed by atoms with Gasteiger partial charge in [0.1, 0.15) is 10.8 Å². The van der Waals surface area contributed by atoms with E-state index in [0.717, 1.165) is 43.0 Å². The maximum Gasteiger partial charge on any atom is 0.262 e.